The zero-order valence-electron chi connectivity index (χ0n) is 15.9. The highest BCUT2D eigenvalue weighted by molar-refractivity contribution is 5.93. The van der Waals surface area contributed by atoms with Gasteiger partial charge in [0, 0.05) is 62.9 Å². The Morgan fingerprint density at radius 3 is 2.48 bits per heavy atom. The van der Waals surface area contributed by atoms with Gasteiger partial charge in [0.2, 0.25) is 5.56 Å². The molecule has 0 atom stereocenters. The summed E-state index contributed by atoms with van der Waals surface area (Å²) in [5.74, 6) is 1.63. The molecule has 0 saturated carbocycles. The van der Waals surface area contributed by atoms with E-state index in [0.29, 0.717) is 12.1 Å². The van der Waals surface area contributed by atoms with Gasteiger partial charge in [-0.25, -0.2) is 9.97 Å². The Kier molecular flexibility index (Phi) is 5.51. The van der Waals surface area contributed by atoms with Gasteiger partial charge in [0.05, 0.1) is 5.56 Å². The van der Waals surface area contributed by atoms with Crippen LogP contribution in [-0.2, 0) is 6.54 Å². The molecular weight excluding hydrogens is 368 g/mol. The lowest BCUT2D eigenvalue weighted by molar-refractivity contribution is 0.0950. The maximum Gasteiger partial charge on any atom is 0.253 e. The third-order valence-corrected chi connectivity index (χ3v) is 4.91. The number of nitrogens with one attached hydrogen (secondary N) is 2. The molecule has 3 aromatic heterocycles. The minimum atomic E-state index is -0.240. The molecule has 0 spiro atoms. The van der Waals surface area contributed by atoms with Gasteiger partial charge in [0.15, 0.2) is 0 Å². The predicted octanol–water partition coefficient (Wildman–Crippen LogP) is 1.42. The van der Waals surface area contributed by atoms with Gasteiger partial charge in [-0.15, -0.1) is 0 Å². The second-order valence-corrected chi connectivity index (χ2v) is 6.77. The number of hydrogen-bond acceptors (Lipinski definition) is 6. The van der Waals surface area contributed by atoms with Gasteiger partial charge < -0.3 is 20.1 Å². The van der Waals surface area contributed by atoms with E-state index in [1.807, 2.05) is 36.5 Å². The molecule has 8 nitrogen and oxygen atoms in total. The molecule has 0 radical (unpaired) electrons. The average Bonchev–Trinajstić information content (AvgIpc) is 2.79. The molecule has 4 rings (SSSR count). The van der Waals surface area contributed by atoms with Crippen LogP contribution in [0.3, 0.4) is 0 Å². The van der Waals surface area contributed by atoms with Crippen molar-refractivity contribution >= 4 is 17.5 Å². The van der Waals surface area contributed by atoms with Gasteiger partial charge in [-0.05, 0) is 24.3 Å². The Labute approximate surface area is 168 Å². The number of aromatic amines is 1. The van der Waals surface area contributed by atoms with Crippen LogP contribution in [-0.4, -0.2) is 47.0 Å². The predicted molar refractivity (Wildman–Crippen MR) is 111 cm³/mol. The molecular formula is C21H22N6O2. The van der Waals surface area contributed by atoms with Crippen molar-refractivity contribution in [2.24, 2.45) is 0 Å². The number of carbonyl (C=O) groups excluding carboxylic acids is 1. The van der Waals surface area contributed by atoms with Gasteiger partial charge in [0.25, 0.3) is 5.91 Å². The molecule has 0 bridgehead atoms. The molecule has 0 aliphatic carbocycles. The second kappa shape index (κ2) is 8.55. The van der Waals surface area contributed by atoms with Crippen molar-refractivity contribution in [3.05, 3.63) is 82.5 Å². The molecule has 148 valence electrons. The first kappa shape index (κ1) is 18.7. The first-order valence-electron chi connectivity index (χ1n) is 9.52. The minimum Gasteiger partial charge on any atom is -0.353 e. The van der Waals surface area contributed by atoms with Crippen LogP contribution in [0.2, 0.25) is 0 Å². The normalized spacial score (nSPS) is 13.9. The van der Waals surface area contributed by atoms with Gasteiger partial charge >= 0.3 is 0 Å². The van der Waals surface area contributed by atoms with Crippen molar-refractivity contribution in [1.29, 1.82) is 0 Å². The van der Waals surface area contributed by atoms with Gasteiger partial charge in [-0.1, -0.05) is 12.1 Å². The summed E-state index contributed by atoms with van der Waals surface area (Å²) < 4.78 is 0. The maximum absolute atomic E-state index is 12.3. The molecule has 2 N–H and O–H groups in total. The van der Waals surface area contributed by atoms with E-state index in [2.05, 4.69) is 30.1 Å². The van der Waals surface area contributed by atoms with Gasteiger partial charge in [-0.3, -0.25) is 9.59 Å². The summed E-state index contributed by atoms with van der Waals surface area (Å²) in [5.41, 5.74) is 1.14. The highest BCUT2D eigenvalue weighted by atomic mass is 16.1. The first-order valence-corrected chi connectivity index (χ1v) is 9.52. The van der Waals surface area contributed by atoms with Crippen LogP contribution in [0, 0.1) is 0 Å². The molecule has 1 aliphatic rings. The first-order chi connectivity index (χ1) is 14.2. The van der Waals surface area contributed by atoms with E-state index in [1.165, 1.54) is 18.3 Å². The standard InChI is InChI=1S/C21H22N6O2/c28-19-7-6-17(15-24-19)21(29)25-14-16-4-3-9-23-20(16)27-12-10-26(11-13-27)18-5-1-2-8-22-18/h1-9,15H,10-14H2,(H,24,28)(H,25,29). The van der Waals surface area contributed by atoms with Crippen molar-refractivity contribution in [3.8, 4) is 0 Å². The van der Waals surface area contributed by atoms with Crippen LogP contribution in [0.4, 0.5) is 11.6 Å². The van der Waals surface area contributed by atoms with Gasteiger partial charge in [0.1, 0.15) is 11.6 Å². The number of hydrogen-bond donors (Lipinski definition) is 2. The lowest BCUT2D eigenvalue weighted by Gasteiger charge is -2.36. The second-order valence-electron chi connectivity index (χ2n) is 6.77. The minimum absolute atomic E-state index is 0.235. The Bertz CT molecular complexity index is 1010. The smallest absolute Gasteiger partial charge is 0.253 e. The molecule has 4 heterocycles. The molecule has 0 unspecified atom stereocenters. The van der Waals surface area contributed by atoms with E-state index in [-0.39, 0.29) is 11.5 Å². The molecule has 1 fully saturated rings. The summed E-state index contributed by atoms with van der Waals surface area (Å²) in [5, 5.41) is 2.90. The van der Waals surface area contributed by atoms with Crippen LogP contribution in [0.1, 0.15) is 15.9 Å². The van der Waals surface area contributed by atoms with Crippen molar-refractivity contribution in [2.45, 2.75) is 6.54 Å². The largest absolute Gasteiger partial charge is 0.353 e. The number of piperazine rings is 1. The highest BCUT2D eigenvalue weighted by Gasteiger charge is 2.21. The van der Waals surface area contributed by atoms with E-state index in [1.54, 1.807) is 6.20 Å². The van der Waals surface area contributed by atoms with Crippen LogP contribution < -0.4 is 20.7 Å². The third kappa shape index (κ3) is 4.43. The fourth-order valence-corrected chi connectivity index (χ4v) is 3.37. The number of pyridine rings is 3. The Morgan fingerprint density at radius 2 is 1.76 bits per heavy atom. The number of anilines is 2. The van der Waals surface area contributed by atoms with Crippen LogP contribution in [0.5, 0.6) is 0 Å². The fourth-order valence-electron chi connectivity index (χ4n) is 3.37. The molecule has 1 aliphatic heterocycles. The zero-order valence-corrected chi connectivity index (χ0v) is 15.9. The highest BCUT2D eigenvalue weighted by Crippen LogP contribution is 2.21. The quantitative estimate of drug-likeness (QED) is 0.684. The molecule has 8 heteroatoms. The summed E-state index contributed by atoms with van der Waals surface area (Å²) in [6.07, 6.45) is 5.00. The van der Waals surface area contributed by atoms with Crippen molar-refractivity contribution in [3.63, 3.8) is 0 Å². The van der Waals surface area contributed by atoms with Crippen molar-refractivity contribution in [2.75, 3.05) is 36.0 Å². The van der Waals surface area contributed by atoms with Crippen molar-refractivity contribution in [1.82, 2.24) is 20.3 Å². The fraction of sp³-hybridized carbons (Fsp3) is 0.238. The summed E-state index contributed by atoms with van der Waals surface area (Å²) in [7, 11) is 0. The summed E-state index contributed by atoms with van der Waals surface area (Å²) in [4.78, 5) is 39.5. The van der Waals surface area contributed by atoms with E-state index < -0.39 is 0 Å². The molecule has 29 heavy (non-hydrogen) atoms. The molecule has 3 aromatic rings. The Hall–Kier alpha value is -3.68. The van der Waals surface area contributed by atoms with E-state index >= 15 is 0 Å². The lowest BCUT2D eigenvalue weighted by Crippen LogP contribution is -2.47. The third-order valence-electron chi connectivity index (χ3n) is 4.91. The van der Waals surface area contributed by atoms with Gasteiger partial charge in [-0.2, -0.15) is 0 Å². The maximum atomic E-state index is 12.3. The SMILES string of the molecule is O=C(NCc1cccnc1N1CCN(c2ccccn2)CC1)c1ccc(=O)[nH]c1. The molecule has 1 saturated heterocycles. The number of H-pyrrole nitrogens is 1. The number of aromatic nitrogens is 3. The summed E-state index contributed by atoms with van der Waals surface area (Å²) >= 11 is 0. The van der Waals surface area contributed by atoms with E-state index in [9.17, 15) is 9.59 Å². The summed E-state index contributed by atoms with van der Waals surface area (Å²) in [6, 6.07) is 12.6. The zero-order chi connectivity index (χ0) is 20.1. The number of carbonyl (C=O) groups is 1. The Balaban J connectivity index is 1.40. The summed E-state index contributed by atoms with van der Waals surface area (Å²) in [6.45, 7) is 3.73. The molecule has 0 aromatic carbocycles. The average molecular weight is 390 g/mol. The lowest BCUT2D eigenvalue weighted by atomic mass is 10.2. The Morgan fingerprint density at radius 1 is 0.966 bits per heavy atom. The number of amides is 1. The van der Waals surface area contributed by atoms with Crippen molar-refractivity contribution < 1.29 is 4.79 Å². The van der Waals surface area contributed by atoms with E-state index in [4.69, 9.17) is 0 Å². The topological polar surface area (TPSA) is 94.2 Å². The van der Waals surface area contributed by atoms with Crippen LogP contribution in [0.25, 0.3) is 0 Å². The van der Waals surface area contributed by atoms with E-state index in [0.717, 1.165) is 43.4 Å². The van der Waals surface area contributed by atoms with Crippen LogP contribution >= 0.6 is 0 Å². The number of rotatable bonds is 5. The number of nitrogens with zero attached hydrogens (tertiary/aromatic N) is 4. The monoisotopic (exact) mass is 390 g/mol. The molecule has 1 amide bonds. The van der Waals surface area contributed by atoms with Crippen LogP contribution in [0.15, 0.2) is 65.8 Å².